The van der Waals surface area contributed by atoms with Gasteiger partial charge in [0.2, 0.25) is 0 Å². The maximum atomic E-state index is 11.8. The summed E-state index contributed by atoms with van der Waals surface area (Å²) in [4.78, 5) is 11.8. The molecule has 1 N–H and O–H groups in total. The molecule has 0 spiro atoms. The van der Waals surface area contributed by atoms with Crippen molar-refractivity contribution >= 4 is 21.9 Å². The lowest BCUT2D eigenvalue weighted by Crippen LogP contribution is -1.99. The van der Waals surface area contributed by atoms with E-state index in [1.807, 2.05) is 32.0 Å². The highest BCUT2D eigenvalue weighted by Gasteiger charge is 2.12. The molecule has 2 aromatic heterocycles. The van der Waals surface area contributed by atoms with E-state index in [2.05, 4.69) is 10.2 Å². The fraction of sp³-hybridized carbons (Fsp3) is 0.167. The summed E-state index contributed by atoms with van der Waals surface area (Å²) in [5, 5.41) is 8.37. The summed E-state index contributed by atoms with van der Waals surface area (Å²) in [5.74, 6) is 0. The fourth-order valence-electron chi connectivity index (χ4n) is 1.93. The van der Waals surface area contributed by atoms with Crippen molar-refractivity contribution in [2.45, 2.75) is 13.8 Å². The molecule has 0 amide bonds. The van der Waals surface area contributed by atoms with Crippen molar-refractivity contribution in [3.05, 3.63) is 39.9 Å². The zero-order valence-corrected chi connectivity index (χ0v) is 9.00. The Hall–Kier alpha value is -2.10. The van der Waals surface area contributed by atoms with Crippen molar-refractivity contribution < 1.29 is 4.42 Å². The van der Waals surface area contributed by atoms with Gasteiger partial charge in [0.1, 0.15) is 16.5 Å². The summed E-state index contributed by atoms with van der Waals surface area (Å²) >= 11 is 0. The molecule has 16 heavy (non-hydrogen) atoms. The highest BCUT2D eigenvalue weighted by atomic mass is 16.4. The lowest BCUT2D eigenvalue weighted by Gasteiger charge is -1.98. The quantitative estimate of drug-likeness (QED) is 0.584. The molecular formula is C12H10N2O2. The first-order valence-electron chi connectivity index (χ1n) is 5.05. The Morgan fingerprint density at radius 1 is 1.31 bits per heavy atom. The van der Waals surface area contributed by atoms with E-state index in [1.54, 1.807) is 0 Å². The third-order valence-corrected chi connectivity index (χ3v) is 2.75. The molecular weight excluding hydrogens is 204 g/mol. The third kappa shape index (κ3) is 1.10. The van der Waals surface area contributed by atoms with E-state index in [9.17, 15) is 4.79 Å². The average Bonchev–Trinajstić information content (AvgIpc) is 2.61. The predicted molar refractivity (Wildman–Crippen MR) is 61.6 cm³/mol. The van der Waals surface area contributed by atoms with Gasteiger partial charge in [-0.1, -0.05) is 6.07 Å². The van der Waals surface area contributed by atoms with E-state index >= 15 is 0 Å². The molecule has 0 atom stereocenters. The Morgan fingerprint density at radius 3 is 2.94 bits per heavy atom. The van der Waals surface area contributed by atoms with Crippen LogP contribution in [0.15, 0.2) is 27.4 Å². The maximum Gasteiger partial charge on any atom is 0.347 e. The van der Waals surface area contributed by atoms with Crippen LogP contribution in [0.2, 0.25) is 0 Å². The molecule has 0 aliphatic rings. The summed E-state index contributed by atoms with van der Waals surface area (Å²) in [6.45, 7) is 3.77. The van der Waals surface area contributed by atoms with E-state index in [0.29, 0.717) is 16.5 Å². The van der Waals surface area contributed by atoms with Crippen LogP contribution in [-0.4, -0.2) is 10.2 Å². The van der Waals surface area contributed by atoms with Crippen molar-refractivity contribution in [3.63, 3.8) is 0 Å². The summed E-state index contributed by atoms with van der Waals surface area (Å²) in [7, 11) is 0. The highest BCUT2D eigenvalue weighted by Crippen LogP contribution is 2.23. The molecule has 3 aromatic rings. The molecule has 0 aliphatic heterocycles. The molecule has 4 nitrogen and oxygen atoms in total. The highest BCUT2D eigenvalue weighted by molar-refractivity contribution is 6.02. The molecule has 0 saturated carbocycles. The first-order chi connectivity index (χ1) is 7.66. The Bertz CT molecular complexity index is 753. The van der Waals surface area contributed by atoms with E-state index in [1.165, 1.54) is 0 Å². The van der Waals surface area contributed by atoms with Gasteiger partial charge >= 0.3 is 5.63 Å². The lowest BCUT2D eigenvalue weighted by molar-refractivity contribution is 0.569. The second-order valence-corrected chi connectivity index (χ2v) is 3.96. The summed E-state index contributed by atoms with van der Waals surface area (Å²) in [6, 6.07) is 5.75. The summed E-state index contributed by atoms with van der Waals surface area (Å²) in [5.41, 5.74) is 2.74. The number of hydrogen-bond donors (Lipinski definition) is 1. The van der Waals surface area contributed by atoms with Crippen LogP contribution >= 0.6 is 0 Å². The van der Waals surface area contributed by atoms with Crippen molar-refractivity contribution in [2.75, 3.05) is 0 Å². The smallest absolute Gasteiger partial charge is 0.347 e. The zero-order chi connectivity index (χ0) is 11.3. The van der Waals surface area contributed by atoms with Crippen LogP contribution in [-0.2, 0) is 0 Å². The van der Waals surface area contributed by atoms with Gasteiger partial charge in [0, 0.05) is 11.1 Å². The van der Waals surface area contributed by atoms with Gasteiger partial charge in [-0.05, 0) is 31.5 Å². The second-order valence-electron chi connectivity index (χ2n) is 3.96. The Balaban J connectivity index is 2.65. The van der Waals surface area contributed by atoms with Crippen LogP contribution < -0.4 is 5.63 Å². The number of aromatic amines is 1. The van der Waals surface area contributed by atoms with Gasteiger partial charge in [-0.25, -0.2) is 4.79 Å². The molecule has 2 heterocycles. The normalized spacial score (nSPS) is 11.4. The molecule has 1 aromatic carbocycles. The van der Waals surface area contributed by atoms with E-state index in [-0.39, 0.29) is 5.63 Å². The number of nitrogens with zero attached hydrogens (tertiary/aromatic N) is 1. The summed E-state index contributed by atoms with van der Waals surface area (Å²) < 4.78 is 5.28. The topological polar surface area (TPSA) is 58.9 Å². The largest absolute Gasteiger partial charge is 0.422 e. The third-order valence-electron chi connectivity index (χ3n) is 2.75. The Labute approximate surface area is 90.9 Å². The van der Waals surface area contributed by atoms with Gasteiger partial charge < -0.3 is 4.42 Å². The molecule has 0 radical (unpaired) electrons. The number of nitrogens with one attached hydrogen (secondary N) is 1. The van der Waals surface area contributed by atoms with Gasteiger partial charge in [-0.2, -0.15) is 5.10 Å². The number of aryl methyl sites for hydroxylation is 2. The van der Waals surface area contributed by atoms with E-state index < -0.39 is 0 Å². The number of rotatable bonds is 0. The maximum absolute atomic E-state index is 11.8. The molecule has 80 valence electrons. The summed E-state index contributed by atoms with van der Waals surface area (Å²) in [6.07, 6.45) is 0. The van der Waals surface area contributed by atoms with Crippen molar-refractivity contribution in [2.24, 2.45) is 0 Å². The molecule has 0 unspecified atom stereocenters. The second kappa shape index (κ2) is 2.95. The van der Waals surface area contributed by atoms with Gasteiger partial charge in [0.15, 0.2) is 0 Å². The van der Waals surface area contributed by atoms with Gasteiger partial charge in [0.25, 0.3) is 0 Å². The molecule has 3 rings (SSSR count). The van der Waals surface area contributed by atoms with Crippen LogP contribution in [0.5, 0.6) is 0 Å². The molecule has 4 heteroatoms. The van der Waals surface area contributed by atoms with Crippen molar-refractivity contribution in [1.29, 1.82) is 0 Å². The van der Waals surface area contributed by atoms with Crippen LogP contribution in [0.4, 0.5) is 0 Å². The van der Waals surface area contributed by atoms with E-state index in [4.69, 9.17) is 4.42 Å². The zero-order valence-electron chi connectivity index (χ0n) is 9.00. The van der Waals surface area contributed by atoms with Gasteiger partial charge in [-0.15, -0.1) is 0 Å². The van der Waals surface area contributed by atoms with E-state index in [0.717, 1.165) is 16.6 Å². The first-order valence-corrected chi connectivity index (χ1v) is 5.05. The standard InChI is InChI=1S/C12H10N2O2/c1-6-3-4-8-9(5-6)16-12(15)10-7(2)13-14-11(8)10/h3-5H,1-2H3,(H,13,14). The molecule has 0 fully saturated rings. The van der Waals surface area contributed by atoms with Gasteiger partial charge in [0.05, 0.1) is 0 Å². The predicted octanol–water partition coefficient (Wildman–Crippen LogP) is 2.29. The minimum Gasteiger partial charge on any atom is -0.422 e. The Kier molecular flexibility index (Phi) is 1.68. The lowest BCUT2D eigenvalue weighted by atomic mass is 10.1. The van der Waals surface area contributed by atoms with Crippen LogP contribution in [0.25, 0.3) is 21.9 Å². The number of aromatic nitrogens is 2. The SMILES string of the molecule is Cc1ccc2c(c1)oc(=O)c1c(C)[nH]nc12. The fourth-order valence-corrected chi connectivity index (χ4v) is 1.93. The minimum atomic E-state index is -0.334. The molecule has 0 bridgehead atoms. The molecule has 0 saturated heterocycles. The Morgan fingerprint density at radius 2 is 2.12 bits per heavy atom. The number of H-pyrrole nitrogens is 1. The number of hydrogen-bond acceptors (Lipinski definition) is 3. The number of fused-ring (bicyclic) bond motifs is 3. The van der Waals surface area contributed by atoms with Crippen LogP contribution in [0, 0.1) is 13.8 Å². The first kappa shape index (κ1) is 9.15. The van der Waals surface area contributed by atoms with Crippen molar-refractivity contribution in [1.82, 2.24) is 10.2 Å². The average molecular weight is 214 g/mol. The number of benzene rings is 1. The van der Waals surface area contributed by atoms with Crippen LogP contribution in [0.1, 0.15) is 11.3 Å². The van der Waals surface area contributed by atoms with Gasteiger partial charge in [-0.3, -0.25) is 5.10 Å². The minimum absolute atomic E-state index is 0.334. The van der Waals surface area contributed by atoms with Crippen molar-refractivity contribution in [3.8, 4) is 0 Å². The van der Waals surface area contributed by atoms with Crippen LogP contribution in [0.3, 0.4) is 0 Å². The molecule has 0 aliphatic carbocycles. The monoisotopic (exact) mass is 214 g/mol.